The van der Waals surface area contributed by atoms with Crippen molar-refractivity contribution in [3.05, 3.63) is 60.7 Å². The lowest BCUT2D eigenvalue weighted by molar-refractivity contribution is -0.169. The number of benzene rings is 2. The fourth-order valence-electron chi connectivity index (χ4n) is 8.25. The van der Waals surface area contributed by atoms with Gasteiger partial charge in [-0.3, -0.25) is 19.4 Å². The summed E-state index contributed by atoms with van der Waals surface area (Å²) in [6.45, 7) is 18.0. The summed E-state index contributed by atoms with van der Waals surface area (Å²) < 4.78 is 23.4. The lowest BCUT2D eigenvalue weighted by atomic mass is 9.77. The second kappa shape index (κ2) is 16.4. The molecule has 4 rings (SSSR count). The molecule has 2 N–H and O–H groups in total. The number of likely N-dealkylation sites (tertiary alicyclic amines) is 2. The molecular weight excluding hydrogens is 636 g/mol. The van der Waals surface area contributed by atoms with E-state index in [1.807, 2.05) is 60.7 Å². The standard InChI is InChI=1S/C40H60N2O8/c1-37(2)21-33(22-38(3,4)41(37)25-29(43)27-47-31-15-11-9-12-16-31)49-35(45)19-20-36(46)50-34-23-39(5,6)42(40(7,8)24-34)26-30(44)28-48-32-17-13-10-14-18-32/h9-18,29-30,33-34,43-44H,19-28H2,1-8H3. The van der Waals surface area contributed by atoms with Crippen LogP contribution in [0.1, 0.15) is 93.9 Å². The van der Waals surface area contributed by atoms with E-state index in [1.165, 1.54) is 0 Å². The maximum Gasteiger partial charge on any atom is 0.306 e. The summed E-state index contributed by atoms with van der Waals surface area (Å²) in [4.78, 5) is 30.5. The summed E-state index contributed by atoms with van der Waals surface area (Å²) in [5, 5.41) is 21.7. The predicted octanol–water partition coefficient (Wildman–Crippen LogP) is 5.78. The highest BCUT2D eigenvalue weighted by Crippen LogP contribution is 2.41. The van der Waals surface area contributed by atoms with E-state index in [0.717, 1.165) is 11.5 Å². The van der Waals surface area contributed by atoms with Crippen LogP contribution in [0.5, 0.6) is 11.5 Å². The smallest absolute Gasteiger partial charge is 0.306 e. The van der Waals surface area contributed by atoms with Crippen molar-refractivity contribution in [1.82, 2.24) is 9.80 Å². The molecule has 2 aliphatic heterocycles. The van der Waals surface area contributed by atoms with Gasteiger partial charge in [-0.05, 0) is 79.7 Å². The minimum Gasteiger partial charge on any atom is -0.491 e. The molecule has 10 nitrogen and oxygen atoms in total. The Bertz CT molecular complexity index is 1240. The number of β-amino-alcohol motifs (C(OH)–C–C–N with tert-alkyl or cyclic N) is 2. The molecule has 2 heterocycles. The van der Waals surface area contributed by atoms with Gasteiger partial charge in [0.2, 0.25) is 0 Å². The average molecular weight is 697 g/mol. The zero-order valence-corrected chi connectivity index (χ0v) is 31.4. The number of para-hydroxylation sites is 2. The maximum absolute atomic E-state index is 13.0. The number of hydrogen-bond donors (Lipinski definition) is 2. The summed E-state index contributed by atoms with van der Waals surface area (Å²) in [7, 11) is 0. The van der Waals surface area contributed by atoms with Crippen molar-refractivity contribution in [2.45, 2.75) is 140 Å². The fourth-order valence-corrected chi connectivity index (χ4v) is 8.25. The summed E-state index contributed by atoms with van der Waals surface area (Å²) in [6, 6.07) is 18.9. The molecule has 50 heavy (non-hydrogen) atoms. The fraction of sp³-hybridized carbons (Fsp3) is 0.650. The molecule has 0 saturated carbocycles. The number of aliphatic hydroxyl groups is 2. The predicted molar refractivity (Wildman–Crippen MR) is 193 cm³/mol. The van der Waals surface area contributed by atoms with Crippen LogP contribution >= 0.6 is 0 Å². The van der Waals surface area contributed by atoms with E-state index >= 15 is 0 Å². The Kier molecular flexibility index (Phi) is 13.0. The first-order valence-electron chi connectivity index (χ1n) is 18.0. The largest absolute Gasteiger partial charge is 0.491 e. The molecule has 2 unspecified atom stereocenters. The van der Waals surface area contributed by atoms with Crippen molar-refractivity contribution in [1.29, 1.82) is 0 Å². The number of piperidine rings is 2. The van der Waals surface area contributed by atoms with Gasteiger partial charge in [-0.25, -0.2) is 0 Å². The third kappa shape index (κ3) is 11.2. The molecule has 0 aliphatic carbocycles. The molecule has 10 heteroatoms. The van der Waals surface area contributed by atoms with Crippen LogP contribution in [0.4, 0.5) is 0 Å². The number of ether oxygens (including phenoxy) is 4. The van der Waals surface area contributed by atoms with E-state index in [2.05, 4.69) is 65.2 Å². The van der Waals surface area contributed by atoms with E-state index in [9.17, 15) is 19.8 Å². The molecule has 2 fully saturated rings. The van der Waals surface area contributed by atoms with E-state index in [4.69, 9.17) is 18.9 Å². The second-order valence-electron chi connectivity index (χ2n) is 16.6. The minimum absolute atomic E-state index is 0.0469. The van der Waals surface area contributed by atoms with Crippen molar-refractivity contribution >= 4 is 11.9 Å². The van der Waals surface area contributed by atoms with Crippen molar-refractivity contribution < 1.29 is 38.7 Å². The number of carbonyl (C=O) groups excluding carboxylic acids is 2. The monoisotopic (exact) mass is 696 g/mol. The maximum atomic E-state index is 13.0. The number of aliphatic hydroxyl groups excluding tert-OH is 2. The van der Waals surface area contributed by atoms with Gasteiger partial charge in [-0.1, -0.05) is 36.4 Å². The highest BCUT2D eigenvalue weighted by Gasteiger charge is 2.48. The summed E-state index contributed by atoms with van der Waals surface area (Å²) in [5.74, 6) is 0.612. The topological polar surface area (TPSA) is 118 Å². The van der Waals surface area contributed by atoms with Gasteiger partial charge in [-0.2, -0.15) is 0 Å². The highest BCUT2D eigenvalue weighted by molar-refractivity contribution is 5.77. The van der Waals surface area contributed by atoms with Crippen molar-refractivity contribution in [3.63, 3.8) is 0 Å². The van der Waals surface area contributed by atoms with Crippen LogP contribution < -0.4 is 9.47 Å². The molecule has 2 aliphatic rings. The molecule has 2 saturated heterocycles. The SMILES string of the molecule is CC1(C)CC(OC(=O)CCC(=O)OC2CC(C)(C)N(CC(O)COc3ccccc3)C(C)(C)C2)CC(C)(C)N1CC(O)COc1ccccc1. The molecule has 0 aromatic heterocycles. The van der Waals surface area contributed by atoms with Gasteiger partial charge in [0.1, 0.15) is 49.1 Å². The molecule has 2 aromatic carbocycles. The van der Waals surface area contributed by atoms with Crippen LogP contribution in [-0.2, 0) is 19.1 Å². The van der Waals surface area contributed by atoms with Gasteiger partial charge in [0.15, 0.2) is 0 Å². The Morgan fingerprint density at radius 2 is 0.900 bits per heavy atom. The Morgan fingerprint density at radius 3 is 1.20 bits per heavy atom. The van der Waals surface area contributed by atoms with Crippen LogP contribution in [0.15, 0.2) is 60.7 Å². The molecule has 0 bridgehead atoms. The Balaban J connectivity index is 1.21. The van der Waals surface area contributed by atoms with Gasteiger partial charge in [0.25, 0.3) is 0 Å². The van der Waals surface area contributed by atoms with Crippen LogP contribution in [-0.4, -0.2) is 105 Å². The first kappa shape index (κ1) is 39.6. The number of esters is 2. The quantitative estimate of drug-likeness (QED) is 0.222. The molecule has 2 atom stereocenters. The van der Waals surface area contributed by atoms with E-state index in [1.54, 1.807) is 0 Å². The van der Waals surface area contributed by atoms with Gasteiger partial charge in [-0.15, -0.1) is 0 Å². The normalized spacial score (nSPS) is 21.9. The van der Waals surface area contributed by atoms with Crippen molar-refractivity contribution in [2.75, 3.05) is 26.3 Å². The number of carbonyl (C=O) groups is 2. The number of rotatable bonds is 15. The first-order valence-corrected chi connectivity index (χ1v) is 18.0. The van der Waals surface area contributed by atoms with Crippen LogP contribution in [0, 0.1) is 0 Å². The summed E-state index contributed by atoms with van der Waals surface area (Å²) >= 11 is 0. The van der Waals surface area contributed by atoms with E-state index in [-0.39, 0.29) is 60.4 Å². The highest BCUT2D eigenvalue weighted by atomic mass is 16.6. The van der Waals surface area contributed by atoms with Gasteiger partial charge in [0.05, 0.1) is 12.8 Å². The molecule has 0 amide bonds. The Hall–Kier alpha value is -3.18. The first-order chi connectivity index (χ1) is 23.4. The molecule has 2 aromatic rings. The van der Waals surface area contributed by atoms with E-state index < -0.39 is 24.1 Å². The van der Waals surface area contributed by atoms with Crippen LogP contribution in [0.3, 0.4) is 0 Å². The molecule has 278 valence electrons. The van der Waals surface area contributed by atoms with Gasteiger partial charge in [0, 0.05) is 60.9 Å². The van der Waals surface area contributed by atoms with E-state index in [0.29, 0.717) is 38.8 Å². The second-order valence-corrected chi connectivity index (χ2v) is 16.6. The average Bonchev–Trinajstić information content (AvgIpc) is 3.02. The Morgan fingerprint density at radius 1 is 0.600 bits per heavy atom. The van der Waals surface area contributed by atoms with Crippen LogP contribution in [0.2, 0.25) is 0 Å². The Labute approximate surface area is 299 Å². The summed E-state index contributed by atoms with van der Waals surface area (Å²) in [6.07, 6.45) is 0.339. The van der Waals surface area contributed by atoms with Gasteiger partial charge < -0.3 is 29.2 Å². The number of hydrogen-bond acceptors (Lipinski definition) is 10. The van der Waals surface area contributed by atoms with Gasteiger partial charge >= 0.3 is 11.9 Å². The summed E-state index contributed by atoms with van der Waals surface area (Å²) in [5.41, 5.74) is -1.39. The zero-order chi connectivity index (χ0) is 36.7. The lowest BCUT2D eigenvalue weighted by Gasteiger charge is -2.55. The van der Waals surface area contributed by atoms with Crippen LogP contribution in [0.25, 0.3) is 0 Å². The van der Waals surface area contributed by atoms with Crippen molar-refractivity contribution in [2.24, 2.45) is 0 Å². The molecular formula is C40H60N2O8. The number of nitrogens with zero attached hydrogens (tertiary/aromatic N) is 2. The van der Waals surface area contributed by atoms with Crippen molar-refractivity contribution in [3.8, 4) is 11.5 Å². The molecule has 0 spiro atoms. The molecule has 0 radical (unpaired) electrons. The third-order valence-electron chi connectivity index (χ3n) is 10.1. The zero-order valence-electron chi connectivity index (χ0n) is 31.4. The lowest BCUT2D eigenvalue weighted by Crippen LogP contribution is -2.64. The minimum atomic E-state index is -0.687. The third-order valence-corrected chi connectivity index (χ3v) is 10.1.